The molecule has 2 bridgehead atoms. The lowest BCUT2D eigenvalue weighted by Gasteiger charge is -2.25. The van der Waals surface area contributed by atoms with E-state index in [4.69, 9.17) is 0 Å². The molecule has 3 unspecified atom stereocenters. The van der Waals surface area contributed by atoms with Crippen molar-refractivity contribution in [3.63, 3.8) is 0 Å². The second-order valence-corrected chi connectivity index (χ2v) is 5.78. The number of rotatable bonds is 3. The van der Waals surface area contributed by atoms with Crippen LogP contribution in [-0.4, -0.2) is 17.1 Å². The summed E-state index contributed by atoms with van der Waals surface area (Å²) in [5.41, 5.74) is 2.29. The molecule has 1 aromatic rings. The smallest absolute Gasteiger partial charge is 0.337 e. The number of anilines is 1. The van der Waals surface area contributed by atoms with Crippen LogP contribution >= 0.6 is 0 Å². The molecule has 0 radical (unpaired) electrons. The van der Waals surface area contributed by atoms with Crippen LogP contribution < -0.4 is 5.32 Å². The molecule has 0 spiro atoms. The summed E-state index contributed by atoms with van der Waals surface area (Å²) in [6.07, 6.45) is 5.20. The van der Waals surface area contributed by atoms with Gasteiger partial charge in [0.05, 0.1) is 5.56 Å². The van der Waals surface area contributed by atoms with Crippen molar-refractivity contribution < 1.29 is 9.90 Å². The summed E-state index contributed by atoms with van der Waals surface area (Å²) < 4.78 is 0. The lowest BCUT2D eigenvalue weighted by Crippen LogP contribution is -2.26. The van der Waals surface area contributed by atoms with Crippen molar-refractivity contribution in [3.05, 3.63) is 29.3 Å². The second-order valence-electron chi connectivity index (χ2n) is 5.78. The average molecular weight is 245 g/mol. The Labute approximate surface area is 107 Å². The molecule has 0 heterocycles. The van der Waals surface area contributed by atoms with Crippen LogP contribution in [0.4, 0.5) is 5.69 Å². The summed E-state index contributed by atoms with van der Waals surface area (Å²) in [4.78, 5) is 11.2. The van der Waals surface area contributed by atoms with Crippen molar-refractivity contribution in [2.45, 2.75) is 38.6 Å². The lowest BCUT2D eigenvalue weighted by atomic mass is 9.94. The number of hydrogen-bond donors (Lipinski definition) is 2. The molecule has 0 aliphatic heterocycles. The Balaban J connectivity index is 1.83. The Morgan fingerprint density at radius 2 is 2.17 bits per heavy atom. The molecule has 18 heavy (non-hydrogen) atoms. The zero-order chi connectivity index (χ0) is 12.7. The highest BCUT2D eigenvalue weighted by atomic mass is 16.4. The van der Waals surface area contributed by atoms with Crippen LogP contribution in [0.3, 0.4) is 0 Å². The third-order valence-electron chi connectivity index (χ3n) is 4.48. The molecule has 1 aromatic carbocycles. The van der Waals surface area contributed by atoms with Crippen molar-refractivity contribution in [1.82, 2.24) is 0 Å². The number of fused-ring (bicyclic) bond motifs is 2. The summed E-state index contributed by atoms with van der Waals surface area (Å²) in [5, 5.41) is 12.7. The monoisotopic (exact) mass is 245 g/mol. The van der Waals surface area contributed by atoms with Crippen molar-refractivity contribution >= 4 is 11.7 Å². The van der Waals surface area contributed by atoms with Gasteiger partial charge in [0, 0.05) is 11.7 Å². The molecule has 2 N–H and O–H groups in total. The standard InChI is InChI=1S/C15H19NO2/c1-9-2-5-12(15(17)18)14(6-9)16-13-8-10-3-4-11(13)7-10/h2,5-6,10-11,13,16H,3-4,7-8H2,1H3,(H,17,18). The van der Waals surface area contributed by atoms with E-state index in [0.29, 0.717) is 11.6 Å². The molecule has 0 amide bonds. The number of carboxylic acid groups (broad SMARTS) is 1. The zero-order valence-electron chi connectivity index (χ0n) is 10.6. The molecular formula is C15H19NO2. The first-order valence-corrected chi connectivity index (χ1v) is 6.74. The van der Waals surface area contributed by atoms with Crippen LogP contribution in [-0.2, 0) is 0 Å². The second kappa shape index (κ2) is 4.30. The van der Waals surface area contributed by atoms with Gasteiger partial charge in [-0.15, -0.1) is 0 Å². The maximum Gasteiger partial charge on any atom is 0.337 e. The summed E-state index contributed by atoms with van der Waals surface area (Å²) in [5.74, 6) is 0.767. The first-order chi connectivity index (χ1) is 8.63. The third kappa shape index (κ3) is 1.98. The van der Waals surface area contributed by atoms with Gasteiger partial charge in [0.25, 0.3) is 0 Å². The van der Waals surface area contributed by atoms with Gasteiger partial charge in [0.2, 0.25) is 0 Å². The molecule has 2 aliphatic rings. The van der Waals surface area contributed by atoms with E-state index in [2.05, 4.69) is 5.32 Å². The molecule has 3 rings (SSSR count). The highest BCUT2D eigenvalue weighted by molar-refractivity contribution is 5.94. The number of benzene rings is 1. The minimum atomic E-state index is -0.847. The molecule has 3 heteroatoms. The summed E-state index contributed by atoms with van der Waals surface area (Å²) in [6, 6.07) is 5.99. The van der Waals surface area contributed by atoms with E-state index in [1.165, 1.54) is 25.7 Å². The van der Waals surface area contributed by atoms with E-state index in [-0.39, 0.29) is 0 Å². The van der Waals surface area contributed by atoms with Crippen molar-refractivity contribution in [3.8, 4) is 0 Å². The Kier molecular flexibility index (Phi) is 2.77. The highest BCUT2D eigenvalue weighted by Crippen LogP contribution is 2.45. The van der Waals surface area contributed by atoms with Gasteiger partial charge in [0.1, 0.15) is 0 Å². The number of nitrogens with one attached hydrogen (secondary N) is 1. The normalized spacial score (nSPS) is 29.5. The van der Waals surface area contributed by atoms with Crippen LogP contribution in [0.1, 0.15) is 41.6 Å². The first-order valence-electron chi connectivity index (χ1n) is 6.74. The van der Waals surface area contributed by atoms with Crippen LogP contribution in [0, 0.1) is 18.8 Å². The molecule has 3 atom stereocenters. The van der Waals surface area contributed by atoms with Crippen LogP contribution in [0.15, 0.2) is 18.2 Å². The van der Waals surface area contributed by atoms with Crippen LogP contribution in [0.5, 0.6) is 0 Å². The third-order valence-corrected chi connectivity index (χ3v) is 4.48. The molecule has 96 valence electrons. The number of hydrogen-bond acceptors (Lipinski definition) is 2. The summed E-state index contributed by atoms with van der Waals surface area (Å²) >= 11 is 0. The van der Waals surface area contributed by atoms with Crippen molar-refractivity contribution in [2.24, 2.45) is 11.8 Å². The Bertz CT molecular complexity index is 483. The molecular weight excluding hydrogens is 226 g/mol. The van der Waals surface area contributed by atoms with Crippen LogP contribution in [0.2, 0.25) is 0 Å². The van der Waals surface area contributed by atoms with Gasteiger partial charge in [-0.1, -0.05) is 12.5 Å². The minimum Gasteiger partial charge on any atom is -0.478 e. The fourth-order valence-corrected chi connectivity index (χ4v) is 3.59. The van der Waals surface area contributed by atoms with E-state index < -0.39 is 5.97 Å². The van der Waals surface area contributed by atoms with E-state index in [0.717, 1.165) is 23.1 Å². The topological polar surface area (TPSA) is 49.3 Å². The summed E-state index contributed by atoms with van der Waals surface area (Å²) in [7, 11) is 0. The molecule has 2 fully saturated rings. The van der Waals surface area contributed by atoms with Crippen molar-refractivity contribution in [2.75, 3.05) is 5.32 Å². The van der Waals surface area contributed by atoms with Crippen LogP contribution in [0.25, 0.3) is 0 Å². The predicted octanol–water partition coefficient (Wildman–Crippen LogP) is 3.29. The lowest BCUT2D eigenvalue weighted by molar-refractivity contribution is 0.0698. The Morgan fingerprint density at radius 1 is 1.33 bits per heavy atom. The summed E-state index contributed by atoms with van der Waals surface area (Å²) in [6.45, 7) is 2.00. The first kappa shape index (κ1) is 11.6. The van der Waals surface area contributed by atoms with E-state index in [1.807, 2.05) is 19.1 Å². The van der Waals surface area contributed by atoms with Crippen molar-refractivity contribution in [1.29, 1.82) is 0 Å². The predicted molar refractivity (Wildman–Crippen MR) is 71.0 cm³/mol. The quantitative estimate of drug-likeness (QED) is 0.859. The Hall–Kier alpha value is -1.51. The highest BCUT2D eigenvalue weighted by Gasteiger charge is 2.39. The molecule has 2 aliphatic carbocycles. The molecule has 2 saturated carbocycles. The maximum absolute atomic E-state index is 11.2. The molecule has 0 saturated heterocycles. The van der Waals surface area contributed by atoms with Gasteiger partial charge in [-0.25, -0.2) is 4.79 Å². The largest absolute Gasteiger partial charge is 0.478 e. The fourth-order valence-electron chi connectivity index (χ4n) is 3.59. The van der Waals surface area contributed by atoms with E-state index in [1.54, 1.807) is 6.07 Å². The average Bonchev–Trinajstić information content (AvgIpc) is 2.90. The number of aryl methyl sites for hydroxylation is 1. The Morgan fingerprint density at radius 3 is 2.78 bits per heavy atom. The van der Waals surface area contributed by atoms with Gasteiger partial charge >= 0.3 is 5.97 Å². The number of carboxylic acids is 1. The fraction of sp³-hybridized carbons (Fsp3) is 0.533. The van der Waals surface area contributed by atoms with Gasteiger partial charge < -0.3 is 10.4 Å². The van der Waals surface area contributed by atoms with Gasteiger partial charge in [0.15, 0.2) is 0 Å². The SMILES string of the molecule is Cc1ccc(C(=O)O)c(NC2CC3CCC2C3)c1. The molecule has 0 aromatic heterocycles. The minimum absolute atomic E-state index is 0.392. The van der Waals surface area contributed by atoms with Gasteiger partial charge in [-0.3, -0.25) is 0 Å². The number of aromatic carboxylic acids is 1. The van der Waals surface area contributed by atoms with E-state index >= 15 is 0 Å². The zero-order valence-corrected chi connectivity index (χ0v) is 10.6. The maximum atomic E-state index is 11.2. The number of carbonyl (C=O) groups is 1. The van der Waals surface area contributed by atoms with E-state index in [9.17, 15) is 9.90 Å². The van der Waals surface area contributed by atoms with Gasteiger partial charge in [-0.2, -0.15) is 0 Å². The molecule has 3 nitrogen and oxygen atoms in total. The van der Waals surface area contributed by atoms with Gasteiger partial charge in [-0.05, 0) is 55.7 Å².